The van der Waals surface area contributed by atoms with Crippen molar-refractivity contribution in [1.29, 1.82) is 0 Å². The number of esters is 1. The predicted molar refractivity (Wildman–Crippen MR) is 167 cm³/mol. The minimum Gasteiger partial charge on any atom is -0.481 e. The van der Waals surface area contributed by atoms with Crippen LogP contribution in [-0.4, -0.2) is 24.2 Å². The normalized spacial score (nSPS) is 45.7. The molecule has 0 radical (unpaired) electrons. The second-order valence-corrected chi connectivity index (χ2v) is 17.1. The van der Waals surface area contributed by atoms with E-state index < -0.39 is 11.4 Å². The highest BCUT2D eigenvalue weighted by molar-refractivity contribution is 5.89. The summed E-state index contributed by atoms with van der Waals surface area (Å²) in [6, 6.07) is 8.23. The molecule has 5 aliphatic carbocycles. The summed E-state index contributed by atoms with van der Waals surface area (Å²) >= 11 is 0. The Morgan fingerprint density at radius 3 is 2.12 bits per heavy atom. The van der Waals surface area contributed by atoms with E-state index in [9.17, 15) is 14.7 Å². The third kappa shape index (κ3) is 3.84. The van der Waals surface area contributed by atoms with E-state index in [0.717, 1.165) is 25.7 Å². The van der Waals surface area contributed by atoms with Crippen molar-refractivity contribution in [3.63, 3.8) is 0 Å². The summed E-state index contributed by atoms with van der Waals surface area (Å²) in [4.78, 5) is 25.0. The van der Waals surface area contributed by atoms with Crippen LogP contribution in [0.3, 0.4) is 0 Å². The molecule has 0 aromatic heterocycles. The monoisotopic (exact) mass is 576 g/mol. The predicted octanol–water partition coefficient (Wildman–Crippen LogP) is 9.38. The molecule has 5 aliphatic rings. The Kier molecular flexibility index (Phi) is 7.07. The fourth-order valence-corrected chi connectivity index (χ4v) is 13.3. The summed E-state index contributed by atoms with van der Waals surface area (Å²) in [6.45, 7) is 17.7. The second-order valence-electron chi connectivity index (χ2n) is 17.1. The van der Waals surface area contributed by atoms with Gasteiger partial charge in [0.25, 0.3) is 0 Å². The number of carbonyl (C=O) groups excluding carboxylic acids is 1. The maximum Gasteiger partial charge on any atom is 0.337 e. The zero-order valence-electron chi connectivity index (χ0n) is 27.6. The van der Waals surface area contributed by atoms with Gasteiger partial charge in [-0.05, 0) is 145 Å². The lowest BCUT2D eigenvalue weighted by Gasteiger charge is -2.73. The van der Waals surface area contributed by atoms with E-state index in [1.807, 2.05) is 12.1 Å². The van der Waals surface area contributed by atoms with Crippen LogP contribution in [0.2, 0.25) is 0 Å². The molecular formula is C38H56O4. The lowest BCUT2D eigenvalue weighted by atomic mass is 9.31. The van der Waals surface area contributed by atoms with Crippen molar-refractivity contribution in [2.24, 2.45) is 62.6 Å². The second kappa shape index (κ2) is 9.83. The lowest BCUT2D eigenvalue weighted by Crippen LogP contribution is -2.66. The van der Waals surface area contributed by atoms with E-state index in [1.54, 1.807) is 0 Å². The van der Waals surface area contributed by atoms with Crippen molar-refractivity contribution in [1.82, 2.24) is 0 Å². The molecule has 1 N–H and O–H groups in total. The highest BCUT2D eigenvalue weighted by Gasteiger charge is 2.72. The fourth-order valence-electron chi connectivity index (χ4n) is 13.3. The summed E-state index contributed by atoms with van der Waals surface area (Å²) < 4.78 is 4.94. The minimum absolute atomic E-state index is 0.165. The Morgan fingerprint density at radius 2 is 1.50 bits per heavy atom. The molecule has 6 rings (SSSR count). The molecule has 10 atom stereocenters. The van der Waals surface area contributed by atoms with Crippen molar-refractivity contribution in [2.45, 2.75) is 119 Å². The number of benzene rings is 1. The molecule has 1 aromatic rings. The molecule has 0 heterocycles. The van der Waals surface area contributed by atoms with Gasteiger partial charge >= 0.3 is 11.9 Å². The van der Waals surface area contributed by atoms with E-state index in [0.29, 0.717) is 52.4 Å². The molecule has 5 fully saturated rings. The molecule has 42 heavy (non-hydrogen) atoms. The quantitative estimate of drug-likeness (QED) is 0.363. The van der Waals surface area contributed by atoms with Gasteiger partial charge in [-0.15, -0.1) is 0 Å². The van der Waals surface area contributed by atoms with Crippen LogP contribution < -0.4 is 0 Å². The van der Waals surface area contributed by atoms with Crippen molar-refractivity contribution < 1.29 is 19.4 Å². The van der Waals surface area contributed by atoms with Crippen molar-refractivity contribution in [3.05, 3.63) is 35.4 Å². The Bertz CT molecular complexity index is 1230. The van der Waals surface area contributed by atoms with Gasteiger partial charge < -0.3 is 9.84 Å². The summed E-state index contributed by atoms with van der Waals surface area (Å²) in [7, 11) is 1.44. The molecule has 1 aromatic carbocycles. The molecule has 0 saturated heterocycles. The van der Waals surface area contributed by atoms with E-state index in [4.69, 9.17) is 4.74 Å². The lowest BCUT2D eigenvalue weighted by molar-refractivity contribution is -0.241. The third-order valence-electron chi connectivity index (χ3n) is 15.5. The van der Waals surface area contributed by atoms with E-state index in [1.165, 1.54) is 51.2 Å². The van der Waals surface area contributed by atoms with E-state index in [-0.39, 0.29) is 22.2 Å². The van der Waals surface area contributed by atoms with E-state index >= 15 is 0 Å². The van der Waals surface area contributed by atoms with Crippen LogP contribution >= 0.6 is 0 Å². The van der Waals surface area contributed by atoms with Crippen LogP contribution in [0.1, 0.15) is 135 Å². The number of aliphatic carboxylic acids is 1. The number of hydrogen-bond acceptors (Lipinski definition) is 3. The number of rotatable bonds is 4. The first-order valence-electron chi connectivity index (χ1n) is 17.1. The van der Waals surface area contributed by atoms with Crippen LogP contribution in [0.4, 0.5) is 0 Å². The number of hydrogen-bond donors (Lipinski definition) is 1. The Labute approximate surface area is 254 Å². The number of carbonyl (C=O) groups is 2. The van der Waals surface area contributed by atoms with Crippen molar-refractivity contribution >= 4 is 11.9 Å². The average molecular weight is 577 g/mol. The third-order valence-corrected chi connectivity index (χ3v) is 15.5. The van der Waals surface area contributed by atoms with E-state index in [2.05, 4.69) is 60.6 Å². The number of methoxy groups -OCH3 is 1. The first-order valence-corrected chi connectivity index (χ1v) is 17.1. The van der Waals surface area contributed by atoms with Gasteiger partial charge in [-0.25, -0.2) is 4.79 Å². The highest BCUT2D eigenvalue weighted by atomic mass is 16.5. The largest absolute Gasteiger partial charge is 0.481 e. The molecule has 0 amide bonds. The molecule has 0 aliphatic heterocycles. The van der Waals surface area contributed by atoms with Gasteiger partial charge in [0.15, 0.2) is 0 Å². The summed E-state index contributed by atoms with van der Waals surface area (Å²) in [5, 5.41) is 10.7. The van der Waals surface area contributed by atoms with Gasteiger partial charge in [-0.1, -0.05) is 60.6 Å². The fraction of sp³-hybridized carbons (Fsp3) is 0.789. The smallest absolute Gasteiger partial charge is 0.337 e. The van der Waals surface area contributed by atoms with Gasteiger partial charge in [0.1, 0.15) is 0 Å². The molecule has 232 valence electrons. The molecule has 3 unspecified atom stereocenters. The molecule has 5 saturated carbocycles. The van der Waals surface area contributed by atoms with Gasteiger partial charge in [0.05, 0.1) is 18.1 Å². The highest BCUT2D eigenvalue weighted by Crippen LogP contribution is 2.78. The van der Waals surface area contributed by atoms with Gasteiger partial charge in [0.2, 0.25) is 0 Å². The molecule has 0 bridgehead atoms. The zero-order chi connectivity index (χ0) is 30.5. The van der Waals surface area contributed by atoms with Crippen molar-refractivity contribution in [3.8, 4) is 0 Å². The number of carboxylic acid groups (broad SMARTS) is 1. The van der Waals surface area contributed by atoms with Crippen LogP contribution in [0.5, 0.6) is 0 Å². The van der Waals surface area contributed by atoms with Gasteiger partial charge in [0, 0.05) is 0 Å². The van der Waals surface area contributed by atoms with Gasteiger partial charge in [-0.3, -0.25) is 4.79 Å². The summed E-state index contributed by atoms with van der Waals surface area (Å²) in [5.74, 6) is 2.99. The molecule has 4 nitrogen and oxygen atoms in total. The van der Waals surface area contributed by atoms with Crippen LogP contribution in [0.25, 0.3) is 0 Å². The summed E-state index contributed by atoms with van der Waals surface area (Å²) in [6.07, 6.45) is 11.4. The molecule has 0 spiro atoms. The minimum atomic E-state index is -0.500. The SMILES string of the molecule is COC(=O)c1ccc([C@H]2CC[C@@]3(C)C(CC[C@]4(C)C3CC[C@@H]3C5[C@H](C(C)C)CC[C@]5(C(=O)O)CC[C@]34C)C2(C)C)cc1. The van der Waals surface area contributed by atoms with Crippen LogP contribution in [-0.2, 0) is 9.53 Å². The maximum atomic E-state index is 13.0. The van der Waals surface area contributed by atoms with Gasteiger partial charge in [-0.2, -0.15) is 0 Å². The number of fused-ring (bicyclic) bond motifs is 7. The number of ether oxygens (including phenoxy) is 1. The molecule has 4 heteroatoms. The first kappa shape index (κ1) is 30.2. The topological polar surface area (TPSA) is 63.6 Å². The van der Waals surface area contributed by atoms with Crippen LogP contribution in [0.15, 0.2) is 24.3 Å². The standard InChI is InChI=1S/C38H56O4/c1-23(2)26-15-20-38(33(40)41)22-21-36(6)28(31(26)38)13-14-30-35(5)18-16-27(24-9-11-25(12-10-24)32(39)42-8)34(3,4)29(35)17-19-37(30,36)7/h9-12,23,26-31H,13-22H2,1-8H3,(H,40,41)/t26-,27+,28+,29?,30?,31?,35-,36+,37+,38-/m0/s1. The molecular weight excluding hydrogens is 520 g/mol. The van der Waals surface area contributed by atoms with Crippen molar-refractivity contribution in [2.75, 3.05) is 7.11 Å². The first-order chi connectivity index (χ1) is 19.7. The Morgan fingerprint density at radius 1 is 0.810 bits per heavy atom. The Balaban J connectivity index is 1.32. The zero-order valence-corrected chi connectivity index (χ0v) is 27.6. The summed E-state index contributed by atoms with van der Waals surface area (Å²) in [5.41, 5.74) is 2.40. The Hall–Kier alpha value is -1.84. The average Bonchev–Trinajstić information content (AvgIpc) is 3.34. The maximum absolute atomic E-state index is 13.0. The number of carboxylic acids is 1. The van der Waals surface area contributed by atoms with Crippen LogP contribution in [0, 0.1) is 62.6 Å².